The highest BCUT2D eigenvalue weighted by atomic mass is 16.5. The van der Waals surface area contributed by atoms with Gasteiger partial charge in [-0.25, -0.2) is 9.59 Å². The summed E-state index contributed by atoms with van der Waals surface area (Å²) in [7, 11) is 0. The van der Waals surface area contributed by atoms with E-state index in [2.05, 4.69) is 15.3 Å². The van der Waals surface area contributed by atoms with Crippen molar-refractivity contribution in [2.24, 2.45) is 0 Å². The second-order valence-corrected chi connectivity index (χ2v) is 6.96. The lowest BCUT2D eigenvalue weighted by Crippen LogP contribution is -2.15. The van der Waals surface area contributed by atoms with E-state index in [0.29, 0.717) is 22.2 Å². The van der Waals surface area contributed by atoms with Crippen LogP contribution in [-0.4, -0.2) is 33.7 Å². The molecule has 9 heteroatoms. The second kappa shape index (κ2) is 9.23. The molecule has 9 nitrogen and oxygen atoms in total. The van der Waals surface area contributed by atoms with Crippen molar-refractivity contribution in [3.05, 3.63) is 82.8 Å². The minimum absolute atomic E-state index is 0.0230. The monoisotopic (exact) mass is 445 g/mol. The molecule has 0 aliphatic rings. The molecular formula is C24H19N3O6. The lowest BCUT2D eigenvalue weighted by Gasteiger charge is -2.14. The Morgan fingerprint density at radius 3 is 2.73 bits per heavy atom. The number of aromatic amines is 1. The highest BCUT2D eigenvalue weighted by Gasteiger charge is 2.15. The van der Waals surface area contributed by atoms with Gasteiger partial charge in [-0.15, -0.1) is 0 Å². The van der Waals surface area contributed by atoms with E-state index in [1.165, 1.54) is 30.5 Å². The number of anilines is 1. The van der Waals surface area contributed by atoms with E-state index >= 15 is 0 Å². The smallest absolute Gasteiger partial charge is 0.411 e. The number of carbonyl (C=O) groups is 2. The number of H-pyrrole nitrogens is 1. The average Bonchev–Trinajstić information content (AvgIpc) is 2.80. The number of nitrogens with one attached hydrogen (secondary N) is 2. The first kappa shape index (κ1) is 21.6. The largest absolute Gasteiger partial charge is 0.508 e. The Hall–Kier alpha value is -4.66. The van der Waals surface area contributed by atoms with Crippen LogP contribution in [-0.2, 0) is 4.74 Å². The molecule has 0 atom stereocenters. The summed E-state index contributed by atoms with van der Waals surface area (Å²) in [6.45, 7) is 1.83. The van der Waals surface area contributed by atoms with Gasteiger partial charge in [0.2, 0.25) is 0 Å². The summed E-state index contributed by atoms with van der Waals surface area (Å²) in [5.74, 6) is -0.463. The minimum Gasteiger partial charge on any atom is -0.508 e. The molecule has 2 heterocycles. The number of nitrogens with zero attached hydrogens (tertiary/aromatic N) is 1. The first-order valence-corrected chi connectivity index (χ1v) is 10.0. The molecule has 4 rings (SSSR count). The third kappa shape index (κ3) is 4.82. The van der Waals surface area contributed by atoms with E-state index < -0.39 is 12.1 Å². The number of ether oxygens (including phenoxy) is 2. The summed E-state index contributed by atoms with van der Waals surface area (Å²) < 4.78 is 10.4. The second-order valence-electron chi connectivity index (χ2n) is 6.96. The number of fused-ring (bicyclic) bond motifs is 1. The molecule has 4 aromatic rings. The summed E-state index contributed by atoms with van der Waals surface area (Å²) in [5, 5.41) is 12.6. The lowest BCUT2D eigenvalue weighted by molar-refractivity contribution is 0.0734. The Kier molecular flexibility index (Phi) is 6.03. The van der Waals surface area contributed by atoms with Gasteiger partial charge in [0.05, 0.1) is 23.6 Å². The number of hydrogen-bond acceptors (Lipinski definition) is 7. The zero-order chi connectivity index (χ0) is 23.4. The molecule has 3 N–H and O–H groups in total. The lowest BCUT2D eigenvalue weighted by atomic mass is 10.1. The number of aromatic nitrogens is 2. The van der Waals surface area contributed by atoms with Crippen LogP contribution in [0, 0.1) is 0 Å². The summed E-state index contributed by atoms with van der Waals surface area (Å²) >= 11 is 0. The van der Waals surface area contributed by atoms with E-state index in [0.717, 1.165) is 0 Å². The maximum Gasteiger partial charge on any atom is 0.411 e. The summed E-state index contributed by atoms with van der Waals surface area (Å²) in [6.07, 6.45) is 2.22. The van der Waals surface area contributed by atoms with Crippen LogP contribution < -0.4 is 15.5 Å². The van der Waals surface area contributed by atoms with Crippen molar-refractivity contribution in [3.63, 3.8) is 0 Å². The Balaban J connectivity index is 1.75. The molecule has 2 aromatic carbocycles. The maximum atomic E-state index is 12.6. The number of esters is 1. The predicted octanol–water partition coefficient (Wildman–Crippen LogP) is 4.08. The number of benzene rings is 2. The molecule has 0 fully saturated rings. The molecule has 2 aromatic heterocycles. The fourth-order valence-electron chi connectivity index (χ4n) is 3.23. The van der Waals surface area contributed by atoms with Crippen molar-refractivity contribution in [3.8, 4) is 22.8 Å². The molecule has 0 aliphatic carbocycles. The van der Waals surface area contributed by atoms with Gasteiger partial charge in [-0.05, 0) is 49.4 Å². The number of amides is 1. The third-order valence-corrected chi connectivity index (χ3v) is 4.71. The molecule has 33 heavy (non-hydrogen) atoms. The number of pyridine rings is 2. The van der Waals surface area contributed by atoms with Gasteiger partial charge in [0, 0.05) is 41.0 Å². The van der Waals surface area contributed by atoms with Crippen LogP contribution in [0.15, 0.2) is 71.8 Å². The highest BCUT2D eigenvalue weighted by Crippen LogP contribution is 2.31. The van der Waals surface area contributed by atoms with E-state index in [1.54, 1.807) is 43.5 Å². The van der Waals surface area contributed by atoms with Crippen LogP contribution >= 0.6 is 0 Å². The van der Waals surface area contributed by atoms with Gasteiger partial charge in [-0.1, -0.05) is 0 Å². The van der Waals surface area contributed by atoms with Gasteiger partial charge in [0.1, 0.15) is 11.5 Å². The van der Waals surface area contributed by atoms with Crippen LogP contribution in [0.5, 0.6) is 11.5 Å². The quantitative estimate of drug-likeness (QED) is 0.312. The van der Waals surface area contributed by atoms with Crippen LogP contribution in [0.2, 0.25) is 0 Å². The van der Waals surface area contributed by atoms with Gasteiger partial charge in [0.25, 0.3) is 0 Å². The molecule has 166 valence electrons. The van der Waals surface area contributed by atoms with Crippen molar-refractivity contribution < 1.29 is 24.2 Å². The predicted molar refractivity (Wildman–Crippen MR) is 122 cm³/mol. The van der Waals surface area contributed by atoms with E-state index in [4.69, 9.17) is 9.47 Å². The number of aromatic hydroxyl groups is 1. The van der Waals surface area contributed by atoms with Crippen molar-refractivity contribution in [1.29, 1.82) is 0 Å². The van der Waals surface area contributed by atoms with Crippen molar-refractivity contribution in [1.82, 2.24) is 9.97 Å². The molecule has 1 amide bonds. The molecule has 0 aliphatic heterocycles. The van der Waals surface area contributed by atoms with Crippen LogP contribution in [0.4, 0.5) is 10.5 Å². The summed E-state index contributed by atoms with van der Waals surface area (Å²) in [4.78, 5) is 44.1. The van der Waals surface area contributed by atoms with Crippen LogP contribution in [0.25, 0.3) is 22.2 Å². The Morgan fingerprint density at radius 2 is 1.97 bits per heavy atom. The Labute approximate surface area is 187 Å². The highest BCUT2D eigenvalue weighted by molar-refractivity contribution is 5.94. The normalized spacial score (nSPS) is 10.6. The molecule has 0 spiro atoms. The summed E-state index contributed by atoms with van der Waals surface area (Å²) in [6, 6.07) is 13.6. The van der Waals surface area contributed by atoms with Gasteiger partial charge in [-0.2, -0.15) is 0 Å². The average molecular weight is 445 g/mol. The number of phenols is 1. The molecule has 0 unspecified atom stereocenters. The third-order valence-electron chi connectivity index (χ3n) is 4.71. The fourth-order valence-corrected chi connectivity index (χ4v) is 3.23. The first-order chi connectivity index (χ1) is 15.9. The van der Waals surface area contributed by atoms with Crippen molar-refractivity contribution in [2.45, 2.75) is 6.92 Å². The molecule has 0 saturated heterocycles. The van der Waals surface area contributed by atoms with Crippen molar-refractivity contribution in [2.75, 3.05) is 11.9 Å². The SMILES string of the molecule is CCOC(=O)Nc1cc(OC(=O)c2cccnc2)ccc1-c1cc(=O)c2cc(O)ccc2[nH]1. The molecule has 0 saturated carbocycles. The van der Waals surface area contributed by atoms with Crippen molar-refractivity contribution >= 4 is 28.7 Å². The minimum atomic E-state index is -0.706. The van der Waals surface area contributed by atoms with E-state index in [9.17, 15) is 19.5 Å². The molecule has 0 bridgehead atoms. The number of hydrogen-bond donors (Lipinski definition) is 3. The van der Waals surface area contributed by atoms with E-state index in [-0.39, 0.29) is 34.8 Å². The Bertz CT molecular complexity index is 1400. The zero-order valence-corrected chi connectivity index (χ0v) is 17.5. The summed E-state index contributed by atoms with van der Waals surface area (Å²) in [5.41, 5.74) is 1.60. The fraction of sp³-hybridized carbons (Fsp3) is 0.0833. The topological polar surface area (TPSA) is 131 Å². The van der Waals surface area contributed by atoms with E-state index in [1.807, 2.05) is 0 Å². The number of carbonyl (C=O) groups excluding carboxylic acids is 2. The zero-order valence-electron chi connectivity index (χ0n) is 17.5. The number of rotatable bonds is 5. The Morgan fingerprint density at radius 1 is 1.12 bits per heavy atom. The molecular weight excluding hydrogens is 426 g/mol. The van der Waals surface area contributed by atoms with Gasteiger partial charge < -0.3 is 19.6 Å². The first-order valence-electron chi connectivity index (χ1n) is 10.0. The van der Waals surface area contributed by atoms with Crippen LogP contribution in [0.1, 0.15) is 17.3 Å². The van der Waals surface area contributed by atoms with Gasteiger partial charge in [0.15, 0.2) is 5.43 Å². The number of phenolic OH excluding ortho intramolecular Hbond substituents is 1. The van der Waals surface area contributed by atoms with Crippen LogP contribution in [0.3, 0.4) is 0 Å². The van der Waals surface area contributed by atoms with Gasteiger partial charge in [-0.3, -0.25) is 15.1 Å². The maximum absolute atomic E-state index is 12.6. The van der Waals surface area contributed by atoms with Gasteiger partial charge >= 0.3 is 12.1 Å². The standard InChI is InChI=1S/C24H19N3O6/c1-2-32-24(31)27-20-11-16(33-23(30)14-4-3-9-25-13-14)6-7-17(20)21-12-22(29)18-10-15(28)5-8-19(18)26-21/h3-13,28H,2H2,1H3,(H,26,29)(H,27,31). The molecule has 0 radical (unpaired) electrons.